The van der Waals surface area contributed by atoms with Crippen LogP contribution < -0.4 is 10.1 Å². The molecule has 2 aliphatic rings. The lowest BCUT2D eigenvalue weighted by Gasteiger charge is -2.37. The molecule has 0 atom stereocenters. The van der Waals surface area contributed by atoms with Crippen molar-refractivity contribution in [2.45, 2.75) is 52.0 Å². The van der Waals surface area contributed by atoms with Gasteiger partial charge in [0.2, 0.25) is 0 Å². The highest BCUT2D eigenvalue weighted by atomic mass is 35.5. The quantitative estimate of drug-likeness (QED) is 0.603. The van der Waals surface area contributed by atoms with Crippen LogP contribution in [0.5, 0.6) is 11.5 Å². The number of nitrogens with zero attached hydrogens (tertiary/aromatic N) is 3. The molecule has 2 fully saturated rings. The molecule has 1 aliphatic heterocycles. The number of ether oxygens (including phenoxy) is 1. The van der Waals surface area contributed by atoms with Crippen LogP contribution in [0.2, 0.25) is 5.15 Å². The van der Waals surface area contributed by atoms with Gasteiger partial charge in [-0.2, -0.15) is 5.26 Å². The largest absolute Gasteiger partial charge is 0.457 e. The van der Waals surface area contributed by atoms with E-state index in [9.17, 15) is 0 Å². The van der Waals surface area contributed by atoms with Gasteiger partial charge >= 0.3 is 0 Å². The molecule has 0 amide bonds. The Morgan fingerprint density at radius 2 is 1.83 bits per heavy atom. The minimum Gasteiger partial charge on any atom is -0.457 e. The number of piperidine rings is 1. The number of nitriles is 1. The number of aromatic nitrogens is 1. The number of benzene rings is 1. The SMILES string of the molecule is Cc1cc(C#N)cc(C)c1Oc1cc(Cl)nc(NC2CCN(CC3CCC3)CC2)c1. The maximum atomic E-state index is 9.14. The number of hydrogen-bond acceptors (Lipinski definition) is 5. The van der Waals surface area contributed by atoms with E-state index in [1.807, 2.05) is 32.0 Å². The molecule has 6 heteroatoms. The molecule has 0 spiro atoms. The van der Waals surface area contributed by atoms with E-state index in [-0.39, 0.29) is 0 Å². The number of likely N-dealkylation sites (tertiary alicyclic amines) is 1. The molecule has 158 valence electrons. The van der Waals surface area contributed by atoms with E-state index in [4.69, 9.17) is 21.6 Å². The van der Waals surface area contributed by atoms with Crippen LogP contribution in [0.3, 0.4) is 0 Å². The van der Waals surface area contributed by atoms with Crippen LogP contribution in [0.25, 0.3) is 0 Å². The van der Waals surface area contributed by atoms with Crippen LogP contribution >= 0.6 is 11.6 Å². The van der Waals surface area contributed by atoms with Crippen LogP contribution in [0.15, 0.2) is 24.3 Å². The molecule has 2 aromatic rings. The number of aryl methyl sites for hydroxylation is 2. The van der Waals surface area contributed by atoms with E-state index in [1.165, 1.54) is 25.8 Å². The van der Waals surface area contributed by atoms with Crippen molar-refractivity contribution in [3.63, 3.8) is 0 Å². The summed E-state index contributed by atoms with van der Waals surface area (Å²) in [4.78, 5) is 7.06. The van der Waals surface area contributed by atoms with Gasteiger partial charge in [0.05, 0.1) is 11.6 Å². The lowest BCUT2D eigenvalue weighted by molar-refractivity contribution is 0.150. The van der Waals surface area contributed by atoms with Gasteiger partial charge in [-0.3, -0.25) is 0 Å². The molecule has 30 heavy (non-hydrogen) atoms. The standard InChI is InChI=1S/C24H29ClN4O/c1-16-10-19(14-26)11-17(2)24(16)30-21-12-22(25)28-23(13-21)27-20-6-8-29(9-7-20)15-18-4-3-5-18/h10-13,18,20H,3-9,15H2,1-2H3,(H,27,28). The van der Waals surface area contributed by atoms with Crippen LogP contribution in [0.4, 0.5) is 5.82 Å². The third-order valence-electron chi connectivity index (χ3n) is 6.26. The second-order valence-corrected chi connectivity index (χ2v) is 9.07. The van der Waals surface area contributed by atoms with E-state index in [1.54, 1.807) is 6.07 Å². The van der Waals surface area contributed by atoms with Crippen molar-refractivity contribution in [1.82, 2.24) is 9.88 Å². The summed E-state index contributed by atoms with van der Waals surface area (Å²) < 4.78 is 6.15. The van der Waals surface area contributed by atoms with E-state index < -0.39 is 0 Å². The van der Waals surface area contributed by atoms with Gasteiger partial charge in [0.15, 0.2) is 0 Å². The molecule has 5 nitrogen and oxygen atoms in total. The summed E-state index contributed by atoms with van der Waals surface area (Å²) in [6.07, 6.45) is 6.46. The van der Waals surface area contributed by atoms with Gasteiger partial charge in [-0.25, -0.2) is 4.98 Å². The zero-order valence-corrected chi connectivity index (χ0v) is 18.5. The van der Waals surface area contributed by atoms with E-state index in [2.05, 4.69) is 21.3 Å². The molecule has 4 rings (SSSR count). The summed E-state index contributed by atoms with van der Waals surface area (Å²) in [5.74, 6) is 3.08. The average Bonchev–Trinajstić information content (AvgIpc) is 2.68. The zero-order valence-electron chi connectivity index (χ0n) is 17.7. The molecule has 1 saturated carbocycles. The maximum Gasteiger partial charge on any atom is 0.135 e. The predicted octanol–water partition coefficient (Wildman–Crippen LogP) is 5.69. The Bertz CT molecular complexity index is 920. The smallest absolute Gasteiger partial charge is 0.135 e. The Kier molecular flexibility index (Phi) is 6.46. The van der Waals surface area contributed by atoms with Crippen molar-refractivity contribution in [3.05, 3.63) is 46.1 Å². The normalized spacial score (nSPS) is 17.9. The number of hydrogen-bond donors (Lipinski definition) is 1. The minimum absolute atomic E-state index is 0.403. The van der Waals surface area contributed by atoms with Crippen LogP contribution in [0.1, 0.15) is 48.8 Å². The fraction of sp³-hybridized carbons (Fsp3) is 0.500. The summed E-state index contributed by atoms with van der Waals surface area (Å²) >= 11 is 6.28. The van der Waals surface area contributed by atoms with E-state index >= 15 is 0 Å². The zero-order chi connectivity index (χ0) is 21.1. The maximum absolute atomic E-state index is 9.14. The molecule has 1 aromatic heterocycles. The Morgan fingerprint density at radius 3 is 2.43 bits per heavy atom. The summed E-state index contributed by atoms with van der Waals surface area (Å²) in [5, 5.41) is 13.1. The predicted molar refractivity (Wildman–Crippen MR) is 120 cm³/mol. The molecule has 0 bridgehead atoms. The van der Waals surface area contributed by atoms with Crippen molar-refractivity contribution < 1.29 is 4.74 Å². The number of rotatable bonds is 6. The number of halogens is 1. The highest BCUT2D eigenvalue weighted by Crippen LogP contribution is 2.33. The van der Waals surface area contributed by atoms with Gasteiger partial charge < -0.3 is 15.0 Å². The topological polar surface area (TPSA) is 61.2 Å². The summed E-state index contributed by atoms with van der Waals surface area (Å²) in [7, 11) is 0. The highest BCUT2D eigenvalue weighted by molar-refractivity contribution is 6.29. The molecule has 1 aliphatic carbocycles. The first-order valence-corrected chi connectivity index (χ1v) is 11.2. The summed E-state index contributed by atoms with van der Waals surface area (Å²) in [5.41, 5.74) is 2.48. The monoisotopic (exact) mass is 424 g/mol. The average molecular weight is 425 g/mol. The van der Waals surface area contributed by atoms with Crippen molar-refractivity contribution in [1.29, 1.82) is 5.26 Å². The number of nitrogens with one attached hydrogen (secondary N) is 1. The van der Waals surface area contributed by atoms with Crippen LogP contribution in [-0.4, -0.2) is 35.6 Å². The van der Waals surface area contributed by atoms with Gasteiger partial charge in [-0.1, -0.05) is 18.0 Å². The Balaban J connectivity index is 1.40. The van der Waals surface area contributed by atoms with Crippen molar-refractivity contribution in [3.8, 4) is 17.6 Å². The molecule has 0 radical (unpaired) electrons. The fourth-order valence-corrected chi connectivity index (χ4v) is 4.61. The van der Waals surface area contributed by atoms with Crippen LogP contribution in [0, 0.1) is 31.1 Å². The van der Waals surface area contributed by atoms with Crippen molar-refractivity contribution in [2.24, 2.45) is 5.92 Å². The summed E-state index contributed by atoms with van der Waals surface area (Å²) in [6.45, 7) is 7.44. The van der Waals surface area contributed by atoms with Gasteiger partial charge in [-0.15, -0.1) is 0 Å². The molecular formula is C24H29ClN4O. The molecule has 1 aromatic carbocycles. The highest BCUT2D eigenvalue weighted by Gasteiger charge is 2.25. The third-order valence-corrected chi connectivity index (χ3v) is 6.45. The molecule has 0 unspecified atom stereocenters. The lowest BCUT2D eigenvalue weighted by atomic mass is 9.84. The van der Waals surface area contributed by atoms with E-state index in [0.29, 0.717) is 22.5 Å². The summed E-state index contributed by atoms with van der Waals surface area (Å²) in [6, 6.07) is 9.89. The molecular weight excluding hydrogens is 396 g/mol. The van der Waals surface area contributed by atoms with E-state index in [0.717, 1.165) is 54.5 Å². The Hall–Kier alpha value is -2.29. The molecule has 1 N–H and O–H groups in total. The number of pyridine rings is 1. The van der Waals surface area contributed by atoms with Gasteiger partial charge in [0, 0.05) is 37.8 Å². The van der Waals surface area contributed by atoms with Gasteiger partial charge in [0.1, 0.15) is 22.5 Å². The first-order chi connectivity index (χ1) is 14.5. The van der Waals surface area contributed by atoms with Crippen LogP contribution in [-0.2, 0) is 0 Å². The number of anilines is 1. The van der Waals surface area contributed by atoms with Crippen molar-refractivity contribution in [2.75, 3.05) is 25.0 Å². The first kappa shape index (κ1) is 21.0. The molecule has 1 saturated heterocycles. The second-order valence-electron chi connectivity index (χ2n) is 8.68. The van der Waals surface area contributed by atoms with Crippen molar-refractivity contribution >= 4 is 17.4 Å². The van der Waals surface area contributed by atoms with Gasteiger partial charge in [0.25, 0.3) is 0 Å². The molecule has 2 heterocycles. The fourth-order valence-electron chi connectivity index (χ4n) is 4.41. The minimum atomic E-state index is 0.403. The lowest BCUT2D eigenvalue weighted by Crippen LogP contribution is -2.42. The Morgan fingerprint density at radius 1 is 1.13 bits per heavy atom. The third kappa shape index (κ3) is 5.06. The van der Waals surface area contributed by atoms with Gasteiger partial charge in [-0.05, 0) is 68.7 Å². The first-order valence-electron chi connectivity index (χ1n) is 10.9. The second kappa shape index (κ2) is 9.24. The Labute approximate surface area is 184 Å².